The van der Waals surface area contributed by atoms with Crippen molar-refractivity contribution in [3.05, 3.63) is 99.3 Å². The largest absolute Gasteiger partial charge is 0.306 e. The van der Waals surface area contributed by atoms with E-state index in [1.165, 1.54) is 12.1 Å². The first kappa shape index (κ1) is 20.5. The van der Waals surface area contributed by atoms with Crippen LogP contribution in [0.25, 0.3) is 11.0 Å². The summed E-state index contributed by atoms with van der Waals surface area (Å²) in [6, 6.07) is 19.7. The molecule has 0 aliphatic carbocycles. The number of hydrogen-bond acceptors (Lipinski definition) is 1. The van der Waals surface area contributed by atoms with Gasteiger partial charge in [-0.1, -0.05) is 53.5 Å². The zero-order chi connectivity index (χ0) is 19.0. The Bertz CT molecular complexity index is 1180. The van der Waals surface area contributed by atoms with Crippen molar-refractivity contribution in [1.29, 1.82) is 5.41 Å². The molecular formula is C21H17Cl3FN3. The van der Waals surface area contributed by atoms with E-state index in [-0.39, 0.29) is 18.2 Å². The van der Waals surface area contributed by atoms with Crippen LogP contribution in [-0.2, 0) is 13.1 Å². The highest BCUT2D eigenvalue weighted by Crippen LogP contribution is 2.24. The molecule has 0 atom stereocenters. The average Bonchev–Trinajstić information content (AvgIpc) is 2.92. The van der Waals surface area contributed by atoms with E-state index in [2.05, 4.69) is 0 Å². The molecule has 0 bridgehead atoms. The topological polar surface area (TPSA) is 33.7 Å². The second-order valence-corrected chi connectivity index (χ2v) is 7.17. The molecule has 7 heteroatoms. The number of benzene rings is 3. The van der Waals surface area contributed by atoms with E-state index in [0.29, 0.717) is 28.8 Å². The summed E-state index contributed by atoms with van der Waals surface area (Å²) < 4.78 is 17.0. The molecule has 0 unspecified atom stereocenters. The molecule has 0 aliphatic heterocycles. The van der Waals surface area contributed by atoms with E-state index in [1.807, 2.05) is 45.5 Å². The molecular weight excluding hydrogens is 420 g/mol. The Morgan fingerprint density at radius 1 is 0.750 bits per heavy atom. The van der Waals surface area contributed by atoms with Crippen LogP contribution in [0.4, 0.5) is 4.39 Å². The maximum atomic E-state index is 13.2. The molecule has 3 nitrogen and oxygen atoms in total. The van der Waals surface area contributed by atoms with E-state index in [4.69, 9.17) is 28.6 Å². The van der Waals surface area contributed by atoms with Crippen molar-refractivity contribution >= 4 is 46.6 Å². The SMILES string of the molecule is Cl.N=c1n(Cc2ccc(F)cc2)c2ccccc2n1Cc1ccc(Cl)c(Cl)c1. The summed E-state index contributed by atoms with van der Waals surface area (Å²) in [5, 5.41) is 9.71. The molecule has 0 amide bonds. The van der Waals surface area contributed by atoms with Crippen LogP contribution >= 0.6 is 35.6 Å². The van der Waals surface area contributed by atoms with Crippen molar-refractivity contribution in [3.63, 3.8) is 0 Å². The van der Waals surface area contributed by atoms with Gasteiger partial charge in [-0.2, -0.15) is 0 Å². The van der Waals surface area contributed by atoms with Crippen LogP contribution in [0.3, 0.4) is 0 Å². The average molecular weight is 437 g/mol. The summed E-state index contributed by atoms with van der Waals surface area (Å²) in [6.07, 6.45) is 0. The maximum Gasteiger partial charge on any atom is 0.203 e. The lowest BCUT2D eigenvalue weighted by Crippen LogP contribution is -2.25. The first-order valence-electron chi connectivity index (χ1n) is 8.44. The van der Waals surface area contributed by atoms with Gasteiger partial charge >= 0.3 is 0 Å². The lowest BCUT2D eigenvalue weighted by Gasteiger charge is -2.07. The number of nitrogens with one attached hydrogen (secondary N) is 1. The van der Waals surface area contributed by atoms with E-state index >= 15 is 0 Å². The highest BCUT2D eigenvalue weighted by Gasteiger charge is 2.12. The molecule has 1 N–H and O–H groups in total. The summed E-state index contributed by atoms with van der Waals surface area (Å²) >= 11 is 12.1. The van der Waals surface area contributed by atoms with Gasteiger partial charge in [0.2, 0.25) is 5.62 Å². The smallest absolute Gasteiger partial charge is 0.203 e. The molecule has 0 fully saturated rings. The van der Waals surface area contributed by atoms with Crippen LogP contribution in [0, 0.1) is 11.2 Å². The molecule has 3 aromatic carbocycles. The molecule has 144 valence electrons. The first-order valence-corrected chi connectivity index (χ1v) is 9.19. The van der Waals surface area contributed by atoms with Gasteiger partial charge in [0.15, 0.2) is 0 Å². The fourth-order valence-electron chi connectivity index (χ4n) is 3.21. The standard InChI is InChI=1S/C21H16Cl2FN3.ClH/c22-17-10-7-15(11-18(17)23)13-27-20-4-2-1-3-19(20)26(21(27)25)12-14-5-8-16(24)9-6-14;/h1-11,25H,12-13H2;1H. The first-order chi connectivity index (χ1) is 13.0. The van der Waals surface area contributed by atoms with E-state index in [9.17, 15) is 4.39 Å². The number of para-hydroxylation sites is 2. The second kappa shape index (κ2) is 8.39. The van der Waals surface area contributed by atoms with Gasteiger partial charge in [-0.05, 0) is 47.5 Å². The van der Waals surface area contributed by atoms with Crippen LogP contribution in [-0.4, -0.2) is 9.13 Å². The lowest BCUT2D eigenvalue weighted by atomic mass is 10.2. The van der Waals surface area contributed by atoms with Crippen LogP contribution in [0.2, 0.25) is 10.0 Å². The fourth-order valence-corrected chi connectivity index (χ4v) is 3.53. The monoisotopic (exact) mass is 435 g/mol. The molecule has 4 aromatic rings. The summed E-state index contributed by atoms with van der Waals surface area (Å²) in [7, 11) is 0. The van der Waals surface area contributed by atoms with Gasteiger partial charge in [-0.25, -0.2) is 4.39 Å². The van der Waals surface area contributed by atoms with E-state index in [1.54, 1.807) is 18.2 Å². The van der Waals surface area contributed by atoms with E-state index < -0.39 is 0 Å². The second-order valence-electron chi connectivity index (χ2n) is 6.36. The van der Waals surface area contributed by atoms with Crippen LogP contribution < -0.4 is 5.62 Å². The number of aromatic nitrogens is 2. The maximum absolute atomic E-state index is 13.2. The van der Waals surface area contributed by atoms with Crippen molar-refractivity contribution in [3.8, 4) is 0 Å². The fraction of sp³-hybridized carbons (Fsp3) is 0.0952. The summed E-state index contributed by atoms with van der Waals surface area (Å²) in [4.78, 5) is 0. The zero-order valence-electron chi connectivity index (χ0n) is 14.7. The predicted octanol–water partition coefficient (Wildman–Crippen LogP) is 5.89. The van der Waals surface area contributed by atoms with Gasteiger partial charge in [0, 0.05) is 0 Å². The van der Waals surface area contributed by atoms with Gasteiger partial charge in [0.25, 0.3) is 0 Å². The van der Waals surface area contributed by atoms with Gasteiger partial charge in [-0.3, -0.25) is 5.41 Å². The third kappa shape index (κ3) is 3.95. The van der Waals surface area contributed by atoms with Gasteiger partial charge in [-0.15, -0.1) is 12.4 Å². The Hall–Kier alpha value is -2.27. The molecule has 0 radical (unpaired) electrons. The molecule has 1 heterocycles. The Morgan fingerprint density at radius 3 is 1.86 bits per heavy atom. The third-order valence-corrected chi connectivity index (χ3v) is 5.29. The van der Waals surface area contributed by atoms with Crippen molar-refractivity contribution in [2.45, 2.75) is 13.1 Å². The van der Waals surface area contributed by atoms with Crippen LogP contribution in [0.15, 0.2) is 66.7 Å². The quantitative estimate of drug-likeness (QED) is 0.414. The van der Waals surface area contributed by atoms with E-state index in [0.717, 1.165) is 22.2 Å². The minimum atomic E-state index is -0.267. The predicted molar refractivity (Wildman–Crippen MR) is 114 cm³/mol. The molecule has 1 aromatic heterocycles. The molecule has 0 aliphatic rings. The van der Waals surface area contributed by atoms with Gasteiger partial charge < -0.3 is 9.13 Å². The van der Waals surface area contributed by atoms with Crippen LogP contribution in [0.1, 0.15) is 11.1 Å². The molecule has 0 spiro atoms. The Labute approximate surface area is 177 Å². The molecule has 0 saturated carbocycles. The molecule has 0 saturated heterocycles. The highest BCUT2D eigenvalue weighted by molar-refractivity contribution is 6.42. The number of halogens is 4. The Kier molecular flexibility index (Phi) is 6.14. The lowest BCUT2D eigenvalue weighted by molar-refractivity contribution is 0.624. The highest BCUT2D eigenvalue weighted by atomic mass is 35.5. The summed E-state index contributed by atoms with van der Waals surface area (Å²) in [5.41, 5.74) is 4.18. The van der Waals surface area contributed by atoms with Crippen molar-refractivity contribution < 1.29 is 4.39 Å². The molecule has 28 heavy (non-hydrogen) atoms. The number of imidazole rings is 1. The number of rotatable bonds is 4. The Morgan fingerprint density at radius 2 is 1.29 bits per heavy atom. The zero-order valence-corrected chi connectivity index (χ0v) is 17.0. The third-order valence-electron chi connectivity index (χ3n) is 4.55. The van der Waals surface area contributed by atoms with Crippen molar-refractivity contribution in [1.82, 2.24) is 9.13 Å². The number of nitrogens with zero attached hydrogens (tertiary/aromatic N) is 2. The molecule has 4 rings (SSSR count). The normalized spacial score (nSPS) is 10.8. The minimum Gasteiger partial charge on any atom is -0.306 e. The van der Waals surface area contributed by atoms with Crippen LogP contribution in [0.5, 0.6) is 0 Å². The van der Waals surface area contributed by atoms with Crippen molar-refractivity contribution in [2.24, 2.45) is 0 Å². The minimum absolute atomic E-state index is 0. The summed E-state index contributed by atoms with van der Waals surface area (Å²) in [6.45, 7) is 1.00. The number of fused-ring (bicyclic) bond motifs is 1. The Balaban J connectivity index is 0.00000225. The number of hydrogen-bond donors (Lipinski definition) is 1. The van der Waals surface area contributed by atoms with Gasteiger partial charge in [0.05, 0.1) is 34.2 Å². The van der Waals surface area contributed by atoms with Gasteiger partial charge in [0.1, 0.15) is 5.82 Å². The van der Waals surface area contributed by atoms with Crippen molar-refractivity contribution in [2.75, 3.05) is 0 Å². The summed E-state index contributed by atoms with van der Waals surface area (Å²) in [5.74, 6) is -0.267.